The van der Waals surface area contributed by atoms with Gasteiger partial charge >= 0.3 is 5.97 Å². The molecule has 0 radical (unpaired) electrons. The zero-order valence-corrected chi connectivity index (χ0v) is 22.6. The standard InChI is InChI=1S/C31H41N3O4/c1-2-38-29(36)14-13-28(35)30-31(37)34(27-12-4-3-11-26(27)32-30)25-18-22-9-6-10-23(19-25)33(22)24-16-20-7-5-8-21(15-20)17-24/h3-4,11-12,20-25H,2,5-10,13-19H2,1H3/t20-,21?,22+,23?,24?,25?/m0/s1. The van der Waals surface area contributed by atoms with Gasteiger partial charge in [-0.1, -0.05) is 37.8 Å². The van der Waals surface area contributed by atoms with Gasteiger partial charge in [0.2, 0.25) is 0 Å². The minimum absolute atomic E-state index is 0.0352. The van der Waals surface area contributed by atoms with E-state index in [1.54, 1.807) is 6.92 Å². The van der Waals surface area contributed by atoms with Gasteiger partial charge in [-0.3, -0.25) is 19.3 Å². The number of esters is 1. The first-order valence-corrected chi connectivity index (χ1v) is 15.0. The Balaban J connectivity index is 1.29. The van der Waals surface area contributed by atoms with E-state index in [9.17, 15) is 14.4 Å². The second-order valence-electron chi connectivity index (χ2n) is 12.2. The summed E-state index contributed by atoms with van der Waals surface area (Å²) in [5.74, 6) is 1.00. The van der Waals surface area contributed by atoms with Crippen molar-refractivity contribution in [3.8, 4) is 0 Å². The minimum Gasteiger partial charge on any atom is -0.466 e. The van der Waals surface area contributed by atoms with Crippen LogP contribution in [-0.4, -0.2) is 50.9 Å². The van der Waals surface area contributed by atoms with Crippen LogP contribution in [0.1, 0.15) is 107 Å². The lowest BCUT2D eigenvalue weighted by molar-refractivity contribution is -0.143. The fourth-order valence-electron chi connectivity index (χ4n) is 8.40. The molecule has 0 amide bonds. The summed E-state index contributed by atoms with van der Waals surface area (Å²) in [6.07, 6.45) is 13.8. The van der Waals surface area contributed by atoms with Crippen LogP contribution in [-0.2, 0) is 9.53 Å². The minimum atomic E-state index is -0.422. The largest absolute Gasteiger partial charge is 0.466 e. The van der Waals surface area contributed by atoms with E-state index in [4.69, 9.17) is 4.74 Å². The maximum atomic E-state index is 13.9. The Kier molecular flexibility index (Phi) is 7.39. The molecule has 2 saturated heterocycles. The fraction of sp³-hybridized carbons (Fsp3) is 0.677. The number of fused-ring (bicyclic) bond motifs is 5. The number of piperidine rings is 2. The topological polar surface area (TPSA) is 81.5 Å². The second kappa shape index (κ2) is 10.9. The van der Waals surface area contributed by atoms with Crippen LogP contribution < -0.4 is 5.56 Å². The van der Waals surface area contributed by atoms with Crippen molar-refractivity contribution in [1.82, 2.24) is 14.5 Å². The Labute approximate surface area is 224 Å². The van der Waals surface area contributed by atoms with Crippen LogP contribution in [0.15, 0.2) is 29.1 Å². The first-order valence-electron chi connectivity index (χ1n) is 15.0. The molecule has 4 fully saturated rings. The molecule has 2 saturated carbocycles. The fourth-order valence-corrected chi connectivity index (χ4v) is 8.40. The number of aromatic nitrogens is 2. The van der Waals surface area contributed by atoms with Crippen LogP contribution in [0.4, 0.5) is 0 Å². The molecule has 204 valence electrons. The van der Waals surface area contributed by atoms with Gasteiger partial charge in [-0.05, 0) is 75.8 Å². The molecular weight excluding hydrogens is 478 g/mol. The summed E-state index contributed by atoms with van der Waals surface area (Å²) < 4.78 is 6.86. The Morgan fingerprint density at radius 1 is 0.868 bits per heavy atom. The van der Waals surface area contributed by atoms with Crippen LogP contribution in [0.25, 0.3) is 11.0 Å². The highest BCUT2D eigenvalue weighted by atomic mass is 16.5. The predicted octanol–water partition coefficient (Wildman–Crippen LogP) is 5.45. The molecule has 3 heterocycles. The van der Waals surface area contributed by atoms with Crippen molar-refractivity contribution in [2.75, 3.05) is 6.61 Å². The average molecular weight is 520 g/mol. The number of hydrogen-bond acceptors (Lipinski definition) is 6. The van der Waals surface area contributed by atoms with Gasteiger partial charge in [0.25, 0.3) is 5.56 Å². The number of nitrogens with zero attached hydrogens (tertiary/aromatic N) is 3. The van der Waals surface area contributed by atoms with E-state index in [-0.39, 0.29) is 42.5 Å². The first kappa shape index (κ1) is 25.7. The normalized spacial score (nSPS) is 31.2. The van der Waals surface area contributed by atoms with Crippen LogP contribution in [0.5, 0.6) is 0 Å². The van der Waals surface area contributed by atoms with Crippen molar-refractivity contribution in [2.24, 2.45) is 11.8 Å². The third kappa shape index (κ3) is 4.94. The summed E-state index contributed by atoms with van der Waals surface area (Å²) in [5, 5.41) is 0. The van der Waals surface area contributed by atoms with Crippen LogP contribution in [0, 0.1) is 11.8 Å². The van der Waals surface area contributed by atoms with Gasteiger partial charge in [0.1, 0.15) is 0 Å². The average Bonchev–Trinajstić information content (AvgIpc) is 2.90. The van der Waals surface area contributed by atoms with E-state index in [2.05, 4.69) is 9.88 Å². The summed E-state index contributed by atoms with van der Waals surface area (Å²) in [4.78, 5) is 46.2. The van der Waals surface area contributed by atoms with Crippen molar-refractivity contribution < 1.29 is 14.3 Å². The van der Waals surface area contributed by atoms with Crippen molar-refractivity contribution in [3.63, 3.8) is 0 Å². The molecule has 6 atom stereocenters. The van der Waals surface area contributed by atoms with Gasteiger partial charge in [-0.15, -0.1) is 0 Å². The molecule has 1 aromatic carbocycles. The zero-order chi connectivity index (χ0) is 26.2. The number of Topliss-reactive ketones (excluding diaryl/α,β-unsaturated/α-hetero) is 1. The van der Waals surface area contributed by atoms with Gasteiger partial charge in [-0.2, -0.15) is 0 Å². The zero-order valence-electron chi connectivity index (χ0n) is 22.6. The Morgan fingerprint density at radius 2 is 1.55 bits per heavy atom. The number of ketones is 1. The Hall–Kier alpha value is -2.54. The molecule has 1 aromatic heterocycles. The van der Waals surface area contributed by atoms with Gasteiger partial charge in [0.15, 0.2) is 11.5 Å². The SMILES string of the molecule is CCOC(=O)CCC(=O)c1nc2ccccc2n(C2CC3CCC[C@H](C2)N3C2CC3CCC[C@@H](C3)C2)c1=O. The molecule has 38 heavy (non-hydrogen) atoms. The van der Waals surface area contributed by atoms with Gasteiger partial charge < -0.3 is 9.30 Å². The maximum Gasteiger partial charge on any atom is 0.306 e. The van der Waals surface area contributed by atoms with Gasteiger partial charge in [0, 0.05) is 30.6 Å². The summed E-state index contributed by atoms with van der Waals surface area (Å²) in [6.45, 7) is 2.02. The highest BCUT2D eigenvalue weighted by Gasteiger charge is 2.45. The van der Waals surface area contributed by atoms with E-state index >= 15 is 0 Å². The van der Waals surface area contributed by atoms with Crippen molar-refractivity contribution >= 4 is 22.8 Å². The van der Waals surface area contributed by atoms with Crippen molar-refractivity contribution in [2.45, 2.75) is 115 Å². The molecule has 0 spiro atoms. The van der Waals surface area contributed by atoms with E-state index < -0.39 is 5.97 Å². The Morgan fingerprint density at radius 3 is 2.26 bits per heavy atom. The number of para-hydroxylation sites is 2. The van der Waals surface area contributed by atoms with Crippen LogP contribution in [0.3, 0.4) is 0 Å². The highest BCUT2D eigenvalue weighted by Crippen LogP contribution is 2.47. The summed E-state index contributed by atoms with van der Waals surface area (Å²) >= 11 is 0. The molecule has 4 bridgehead atoms. The van der Waals surface area contributed by atoms with E-state index in [1.165, 1.54) is 57.8 Å². The lowest BCUT2D eigenvalue weighted by Crippen LogP contribution is -2.58. The number of hydrogen-bond donors (Lipinski definition) is 0. The molecular formula is C31H41N3O4. The molecule has 2 aliphatic carbocycles. The van der Waals surface area contributed by atoms with Crippen molar-refractivity contribution in [3.05, 3.63) is 40.3 Å². The molecule has 4 unspecified atom stereocenters. The molecule has 4 aliphatic rings. The smallest absolute Gasteiger partial charge is 0.306 e. The van der Waals surface area contributed by atoms with E-state index in [0.717, 1.165) is 30.2 Å². The molecule has 2 aromatic rings. The van der Waals surface area contributed by atoms with E-state index in [0.29, 0.717) is 23.6 Å². The number of carbonyl (C=O) groups is 2. The number of carbonyl (C=O) groups excluding carboxylic acids is 2. The molecule has 2 aliphatic heterocycles. The summed E-state index contributed by atoms with van der Waals surface area (Å²) in [7, 11) is 0. The Bertz CT molecular complexity index is 1230. The van der Waals surface area contributed by atoms with Crippen LogP contribution >= 0.6 is 0 Å². The third-order valence-corrected chi connectivity index (χ3v) is 9.82. The summed E-state index contributed by atoms with van der Waals surface area (Å²) in [5.41, 5.74) is 1.13. The number of ether oxygens (including phenoxy) is 1. The first-order chi connectivity index (χ1) is 18.5. The quantitative estimate of drug-likeness (QED) is 0.357. The van der Waals surface area contributed by atoms with Crippen LogP contribution in [0.2, 0.25) is 0 Å². The van der Waals surface area contributed by atoms with Gasteiger partial charge in [0.05, 0.1) is 24.1 Å². The molecule has 6 rings (SSSR count). The second-order valence-corrected chi connectivity index (χ2v) is 12.2. The summed E-state index contributed by atoms with van der Waals surface area (Å²) in [6, 6.07) is 9.43. The molecule has 0 N–H and O–H groups in total. The number of benzene rings is 1. The lowest BCUT2D eigenvalue weighted by Gasteiger charge is -2.55. The third-order valence-electron chi connectivity index (χ3n) is 9.82. The maximum absolute atomic E-state index is 13.9. The number of rotatable bonds is 7. The predicted molar refractivity (Wildman–Crippen MR) is 146 cm³/mol. The molecule has 7 heteroatoms. The lowest BCUT2D eigenvalue weighted by atomic mass is 9.68. The molecule has 7 nitrogen and oxygen atoms in total. The monoisotopic (exact) mass is 519 g/mol. The van der Waals surface area contributed by atoms with E-state index in [1.807, 2.05) is 28.8 Å². The highest BCUT2D eigenvalue weighted by molar-refractivity contribution is 5.97. The van der Waals surface area contributed by atoms with Gasteiger partial charge in [-0.25, -0.2) is 4.98 Å². The van der Waals surface area contributed by atoms with Crippen molar-refractivity contribution in [1.29, 1.82) is 0 Å².